The third-order valence-corrected chi connectivity index (χ3v) is 3.55. The summed E-state index contributed by atoms with van der Waals surface area (Å²) in [6.45, 7) is 2.21. The normalized spacial score (nSPS) is 11.8. The van der Waals surface area contributed by atoms with Gasteiger partial charge < -0.3 is 15.7 Å². The number of likely N-dealkylation sites (N-methyl/N-ethyl adjacent to an activating group) is 1. The highest BCUT2D eigenvalue weighted by Gasteiger charge is 2.03. The van der Waals surface area contributed by atoms with Crippen LogP contribution in [0.3, 0.4) is 0 Å². The van der Waals surface area contributed by atoms with E-state index >= 15 is 0 Å². The van der Waals surface area contributed by atoms with E-state index in [1.165, 1.54) is 0 Å². The molecule has 2 rings (SSSR count). The first-order valence-electron chi connectivity index (χ1n) is 6.45. The first-order valence-corrected chi connectivity index (χ1v) is 7.39. The maximum Gasteiger partial charge on any atom is 0.170 e. The minimum atomic E-state index is 0.0875. The number of nitrogens with two attached hydrogens (primary N) is 1. The van der Waals surface area contributed by atoms with Gasteiger partial charge in [0, 0.05) is 24.0 Å². The van der Waals surface area contributed by atoms with Crippen molar-refractivity contribution in [3.63, 3.8) is 0 Å². The molecule has 3 N–H and O–H groups in total. The van der Waals surface area contributed by atoms with E-state index in [0.29, 0.717) is 12.2 Å². The summed E-state index contributed by atoms with van der Waals surface area (Å²) in [6, 6.07) is 7.11. The van der Waals surface area contributed by atoms with Crippen LogP contribution in [0.4, 0.5) is 0 Å². The van der Waals surface area contributed by atoms with Gasteiger partial charge in [0.1, 0.15) is 12.4 Å². The van der Waals surface area contributed by atoms with Gasteiger partial charge >= 0.3 is 0 Å². The van der Waals surface area contributed by atoms with E-state index in [1.807, 2.05) is 17.9 Å². The Kier molecular flexibility index (Phi) is 5.53. The maximum atomic E-state index is 8.59. The van der Waals surface area contributed by atoms with Crippen LogP contribution in [0.5, 0.6) is 5.75 Å². The number of hydrogen-bond acceptors (Lipinski definition) is 6. The standard InChI is InChI=1S/C14H18N4O2S/c1-18(8-12-9-21-10-16-12)6-7-20-13-4-2-11(3-5-13)14(15)17-19/h2-5,9-10,19H,6-8H2,1H3,(H2,15,17). The van der Waals surface area contributed by atoms with Gasteiger partial charge in [-0.2, -0.15) is 0 Å². The van der Waals surface area contributed by atoms with Gasteiger partial charge in [0.05, 0.1) is 11.2 Å². The largest absolute Gasteiger partial charge is 0.492 e. The fourth-order valence-electron chi connectivity index (χ4n) is 1.77. The predicted molar refractivity (Wildman–Crippen MR) is 82.9 cm³/mol. The smallest absolute Gasteiger partial charge is 0.170 e. The summed E-state index contributed by atoms with van der Waals surface area (Å²) in [5.41, 5.74) is 9.06. The SMILES string of the molecule is CN(CCOc1ccc(C(N)=NO)cc1)Cc1cscn1. The third kappa shape index (κ3) is 4.73. The molecule has 0 unspecified atom stereocenters. The Hall–Kier alpha value is -2.12. The zero-order valence-electron chi connectivity index (χ0n) is 11.8. The zero-order valence-corrected chi connectivity index (χ0v) is 12.6. The van der Waals surface area contributed by atoms with Gasteiger partial charge in [-0.15, -0.1) is 11.3 Å². The van der Waals surface area contributed by atoms with Gasteiger partial charge in [0.25, 0.3) is 0 Å². The van der Waals surface area contributed by atoms with Crippen LogP contribution in [-0.2, 0) is 6.54 Å². The van der Waals surface area contributed by atoms with E-state index in [2.05, 4.69) is 15.0 Å². The summed E-state index contributed by atoms with van der Waals surface area (Å²) in [4.78, 5) is 6.40. The first kappa shape index (κ1) is 15.3. The Morgan fingerprint density at radius 3 is 2.81 bits per heavy atom. The highest BCUT2D eigenvalue weighted by atomic mass is 32.1. The molecule has 0 atom stereocenters. The number of oxime groups is 1. The van der Waals surface area contributed by atoms with Crippen molar-refractivity contribution in [2.24, 2.45) is 10.9 Å². The van der Waals surface area contributed by atoms with Crippen LogP contribution in [0.25, 0.3) is 0 Å². The molecule has 0 saturated heterocycles. The summed E-state index contributed by atoms with van der Waals surface area (Å²) in [7, 11) is 2.03. The van der Waals surface area contributed by atoms with Crippen LogP contribution >= 0.6 is 11.3 Å². The number of ether oxygens (including phenoxy) is 1. The monoisotopic (exact) mass is 306 g/mol. The van der Waals surface area contributed by atoms with Crippen molar-refractivity contribution in [3.05, 3.63) is 46.4 Å². The van der Waals surface area contributed by atoms with Crippen molar-refractivity contribution in [1.29, 1.82) is 0 Å². The topological polar surface area (TPSA) is 84.0 Å². The molecule has 0 saturated carbocycles. The number of nitrogens with zero attached hydrogens (tertiary/aromatic N) is 3. The second kappa shape index (κ2) is 7.61. The van der Waals surface area contributed by atoms with Gasteiger partial charge in [-0.05, 0) is 31.3 Å². The van der Waals surface area contributed by atoms with Crippen LogP contribution in [-0.4, -0.2) is 41.1 Å². The summed E-state index contributed by atoms with van der Waals surface area (Å²) >= 11 is 1.60. The fraction of sp³-hybridized carbons (Fsp3) is 0.286. The van der Waals surface area contributed by atoms with Crippen molar-refractivity contribution in [2.75, 3.05) is 20.2 Å². The summed E-state index contributed by atoms with van der Waals surface area (Å²) in [6.07, 6.45) is 0. The first-order chi connectivity index (χ1) is 10.2. The fourth-order valence-corrected chi connectivity index (χ4v) is 2.32. The number of rotatable bonds is 7. The molecule has 0 radical (unpaired) electrons. The minimum Gasteiger partial charge on any atom is -0.492 e. The summed E-state index contributed by atoms with van der Waals surface area (Å²) < 4.78 is 5.66. The van der Waals surface area contributed by atoms with Crippen molar-refractivity contribution in [2.45, 2.75) is 6.54 Å². The Bertz CT molecular complexity index is 569. The van der Waals surface area contributed by atoms with E-state index in [0.717, 1.165) is 24.5 Å². The lowest BCUT2D eigenvalue weighted by Crippen LogP contribution is -2.24. The molecule has 0 amide bonds. The molecule has 0 spiro atoms. The molecule has 1 aromatic carbocycles. The third-order valence-electron chi connectivity index (χ3n) is 2.91. The molecule has 21 heavy (non-hydrogen) atoms. The molecular weight excluding hydrogens is 288 g/mol. The average molecular weight is 306 g/mol. The minimum absolute atomic E-state index is 0.0875. The Labute approximate surface area is 127 Å². The quantitative estimate of drug-likeness (QED) is 0.352. The van der Waals surface area contributed by atoms with Gasteiger partial charge in [0.15, 0.2) is 5.84 Å². The van der Waals surface area contributed by atoms with Crippen molar-refractivity contribution >= 4 is 17.2 Å². The number of benzene rings is 1. The van der Waals surface area contributed by atoms with Crippen LogP contribution < -0.4 is 10.5 Å². The molecule has 0 bridgehead atoms. The molecule has 0 aliphatic carbocycles. The highest BCUT2D eigenvalue weighted by Crippen LogP contribution is 2.12. The van der Waals surface area contributed by atoms with E-state index in [9.17, 15) is 0 Å². The second-order valence-corrected chi connectivity index (χ2v) is 5.29. The second-order valence-electron chi connectivity index (χ2n) is 4.58. The zero-order chi connectivity index (χ0) is 15.1. The van der Waals surface area contributed by atoms with Crippen molar-refractivity contribution in [1.82, 2.24) is 9.88 Å². The van der Waals surface area contributed by atoms with Gasteiger partial charge in [0.2, 0.25) is 0 Å². The molecule has 1 heterocycles. The van der Waals surface area contributed by atoms with Crippen molar-refractivity contribution < 1.29 is 9.94 Å². The molecule has 112 valence electrons. The van der Waals surface area contributed by atoms with Crippen LogP contribution in [0, 0.1) is 0 Å². The van der Waals surface area contributed by atoms with Gasteiger partial charge in [-0.1, -0.05) is 5.16 Å². The summed E-state index contributed by atoms with van der Waals surface area (Å²) in [5, 5.41) is 13.6. The predicted octanol–water partition coefficient (Wildman–Crippen LogP) is 1.75. The lowest BCUT2D eigenvalue weighted by Gasteiger charge is -2.15. The van der Waals surface area contributed by atoms with E-state index in [-0.39, 0.29) is 5.84 Å². The molecule has 0 fully saturated rings. The maximum absolute atomic E-state index is 8.59. The number of thiazole rings is 1. The van der Waals surface area contributed by atoms with E-state index in [1.54, 1.807) is 35.6 Å². The molecule has 1 aromatic heterocycles. The average Bonchev–Trinajstić information content (AvgIpc) is 3.00. The molecule has 7 heteroatoms. The Balaban J connectivity index is 1.75. The van der Waals surface area contributed by atoms with Gasteiger partial charge in [-0.25, -0.2) is 4.98 Å². The molecule has 0 aliphatic rings. The highest BCUT2D eigenvalue weighted by molar-refractivity contribution is 7.07. The van der Waals surface area contributed by atoms with Crippen LogP contribution in [0.15, 0.2) is 40.3 Å². The number of hydrogen-bond donors (Lipinski definition) is 2. The molecule has 2 aromatic rings. The summed E-state index contributed by atoms with van der Waals surface area (Å²) in [5.74, 6) is 0.844. The van der Waals surface area contributed by atoms with Crippen LogP contribution in [0.1, 0.15) is 11.3 Å². The molecular formula is C14H18N4O2S. The number of amidine groups is 1. The van der Waals surface area contributed by atoms with Crippen LogP contribution in [0.2, 0.25) is 0 Å². The van der Waals surface area contributed by atoms with Gasteiger partial charge in [-0.3, -0.25) is 4.90 Å². The van der Waals surface area contributed by atoms with E-state index < -0.39 is 0 Å². The lowest BCUT2D eigenvalue weighted by molar-refractivity contribution is 0.231. The lowest BCUT2D eigenvalue weighted by atomic mass is 10.2. The molecule has 6 nitrogen and oxygen atoms in total. The molecule has 0 aliphatic heterocycles. The Morgan fingerprint density at radius 2 is 2.19 bits per heavy atom. The Morgan fingerprint density at radius 1 is 1.43 bits per heavy atom. The van der Waals surface area contributed by atoms with E-state index in [4.69, 9.17) is 15.7 Å². The number of aromatic nitrogens is 1. The van der Waals surface area contributed by atoms with Crippen molar-refractivity contribution in [3.8, 4) is 5.75 Å².